The lowest BCUT2D eigenvalue weighted by Gasteiger charge is -2.37. The zero-order valence-corrected chi connectivity index (χ0v) is 20.9. The van der Waals surface area contributed by atoms with Crippen molar-refractivity contribution in [3.8, 4) is 0 Å². The van der Waals surface area contributed by atoms with Gasteiger partial charge in [0, 0.05) is 31.0 Å². The van der Waals surface area contributed by atoms with E-state index >= 15 is 0 Å². The predicted octanol–water partition coefficient (Wildman–Crippen LogP) is 3.31. The fourth-order valence-electron chi connectivity index (χ4n) is 6.24. The van der Waals surface area contributed by atoms with Crippen LogP contribution in [0.1, 0.15) is 71.6 Å². The van der Waals surface area contributed by atoms with Crippen LogP contribution in [0, 0.1) is 11.8 Å². The Morgan fingerprint density at radius 3 is 2.58 bits per heavy atom. The van der Waals surface area contributed by atoms with Crippen molar-refractivity contribution < 1.29 is 24.6 Å². The van der Waals surface area contributed by atoms with Gasteiger partial charge < -0.3 is 20.0 Å². The molecule has 2 bridgehead atoms. The average Bonchev–Trinajstić information content (AvgIpc) is 3.33. The van der Waals surface area contributed by atoms with Gasteiger partial charge >= 0.3 is 5.97 Å². The summed E-state index contributed by atoms with van der Waals surface area (Å²) in [6.07, 6.45) is 9.33. The van der Waals surface area contributed by atoms with Crippen LogP contribution in [-0.2, 0) is 14.4 Å². The Labute approximate surface area is 202 Å². The molecule has 0 aromatic carbocycles. The summed E-state index contributed by atoms with van der Waals surface area (Å²) < 4.78 is -1.18. The second-order valence-corrected chi connectivity index (χ2v) is 11.9. The third kappa shape index (κ3) is 4.70. The van der Waals surface area contributed by atoms with E-state index in [1.807, 2.05) is 11.8 Å². The third-order valence-electron chi connectivity index (χ3n) is 7.78. The first-order valence-electron chi connectivity index (χ1n) is 12.5. The second kappa shape index (κ2) is 10.8. The highest BCUT2D eigenvalue weighted by Crippen LogP contribution is 2.71. The van der Waals surface area contributed by atoms with Crippen molar-refractivity contribution in [3.05, 3.63) is 12.7 Å². The Hall–Kier alpha value is -1.54. The molecule has 3 aliphatic rings. The summed E-state index contributed by atoms with van der Waals surface area (Å²) in [6, 6.07) is -0.620. The van der Waals surface area contributed by atoms with Crippen LogP contribution in [0.2, 0.25) is 0 Å². The van der Waals surface area contributed by atoms with Crippen molar-refractivity contribution in [1.82, 2.24) is 9.80 Å². The molecule has 0 aromatic rings. The number of hydrogen-bond acceptors (Lipinski definition) is 5. The number of carbonyl (C=O) groups is 3. The summed E-state index contributed by atoms with van der Waals surface area (Å²) in [7, 11) is 0. The smallest absolute Gasteiger partial charge is 0.308 e. The van der Waals surface area contributed by atoms with E-state index in [4.69, 9.17) is 5.11 Å². The quantitative estimate of drug-likeness (QED) is 0.292. The predicted molar refractivity (Wildman–Crippen MR) is 130 cm³/mol. The molecule has 3 aliphatic heterocycles. The van der Waals surface area contributed by atoms with Crippen molar-refractivity contribution in [2.75, 3.05) is 26.2 Å². The molecule has 3 rings (SSSR count). The molecule has 0 radical (unpaired) electrons. The number of carboxylic acids is 1. The minimum absolute atomic E-state index is 0.0556. The van der Waals surface area contributed by atoms with Gasteiger partial charge in [0.2, 0.25) is 11.8 Å². The van der Waals surface area contributed by atoms with Crippen LogP contribution < -0.4 is 0 Å². The maximum atomic E-state index is 14.0. The van der Waals surface area contributed by atoms with E-state index in [0.29, 0.717) is 32.5 Å². The number of aliphatic hydroxyl groups excluding tert-OH is 1. The van der Waals surface area contributed by atoms with E-state index in [0.717, 1.165) is 44.9 Å². The molecule has 33 heavy (non-hydrogen) atoms. The van der Waals surface area contributed by atoms with Gasteiger partial charge in [-0.2, -0.15) is 0 Å². The van der Waals surface area contributed by atoms with Crippen LogP contribution in [0.4, 0.5) is 0 Å². The fraction of sp³-hybridized carbons (Fsp3) is 0.800. The van der Waals surface area contributed by atoms with E-state index < -0.39 is 33.3 Å². The number of thioether (sulfide) groups is 1. The van der Waals surface area contributed by atoms with Gasteiger partial charge in [-0.3, -0.25) is 14.4 Å². The number of likely N-dealkylation sites (tertiary alicyclic amines) is 1. The largest absolute Gasteiger partial charge is 0.481 e. The average molecular weight is 481 g/mol. The van der Waals surface area contributed by atoms with Crippen molar-refractivity contribution >= 4 is 29.5 Å². The molecule has 7 nitrogen and oxygen atoms in total. The number of nitrogens with zero attached hydrogens (tertiary/aromatic N) is 2. The monoisotopic (exact) mass is 480 g/mol. The van der Waals surface area contributed by atoms with E-state index in [2.05, 4.69) is 13.5 Å². The lowest BCUT2D eigenvalue weighted by atomic mass is 9.66. The van der Waals surface area contributed by atoms with Crippen LogP contribution in [0.3, 0.4) is 0 Å². The molecule has 0 aliphatic carbocycles. The third-order valence-corrected chi connectivity index (χ3v) is 9.76. The highest BCUT2D eigenvalue weighted by Gasteiger charge is 2.77. The summed E-state index contributed by atoms with van der Waals surface area (Å²) in [5.41, 5.74) is 0. The molecule has 2 N–H and O–H groups in total. The number of aliphatic carboxylic acids is 1. The maximum absolute atomic E-state index is 14.0. The van der Waals surface area contributed by atoms with Crippen LogP contribution >= 0.6 is 11.8 Å². The fourth-order valence-corrected chi connectivity index (χ4v) is 8.59. The Kier molecular flexibility index (Phi) is 8.54. The summed E-state index contributed by atoms with van der Waals surface area (Å²) in [4.78, 5) is 43.6. The molecule has 3 heterocycles. The summed E-state index contributed by atoms with van der Waals surface area (Å²) in [6.45, 7) is 9.58. The number of hydrogen-bond donors (Lipinski definition) is 2. The molecule has 5 atom stereocenters. The highest BCUT2D eigenvalue weighted by atomic mass is 32.2. The summed E-state index contributed by atoms with van der Waals surface area (Å²) in [5, 5.41) is 19.1. The van der Waals surface area contributed by atoms with Crippen LogP contribution in [0.5, 0.6) is 0 Å². The van der Waals surface area contributed by atoms with Gasteiger partial charge in [-0.05, 0) is 39.0 Å². The second-order valence-electron chi connectivity index (χ2n) is 10.0. The van der Waals surface area contributed by atoms with Crippen molar-refractivity contribution in [3.63, 3.8) is 0 Å². The van der Waals surface area contributed by atoms with Gasteiger partial charge in [0.1, 0.15) is 6.04 Å². The van der Waals surface area contributed by atoms with Crippen molar-refractivity contribution in [1.29, 1.82) is 0 Å². The Bertz CT molecular complexity index is 761. The lowest BCUT2D eigenvalue weighted by molar-refractivity contribution is -0.150. The highest BCUT2D eigenvalue weighted by molar-refractivity contribution is 8.02. The van der Waals surface area contributed by atoms with Crippen LogP contribution in [-0.4, -0.2) is 79.6 Å². The normalized spacial score (nSPS) is 32.3. The molecule has 2 amide bonds. The van der Waals surface area contributed by atoms with Gasteiger partial charge in [-0.15, -0.1) is 18.3 Å². The van der Waals surface area contributed by atoms with E-state index in [9.17, 15) is 19.5 Å². The Morgan fingerprint density at radius 1 is 1.21 bits per heavy atom. The molecule has 0 saturated carbocycles. The number of carbonyl (C=O) groups excluding carboxylic acids is 2. The first-order valence-corrected chi connectivity index (χ1v) is 13.3. The minimum Gasteiger partial charge on any atom is -0.481 e. The molecule has 1 spiro atoms. The molecule has 186 valence electrons. The first-order chi connectivity index (χ1) is 15.8. The van der Waals surface area contributed by atoms with Gasteiger partial charge in [-0.25, -0.2) is 0 Å². The first kappa shape index (κ1) is 26.1. The van der Waals surface area contributed by atoms with Gasteiger partial charge in [0.25, 0.3) is 0 Å². The minimum atomic E-state index is -0.924. The molecular formula is C25H40N2O5S. The van der Waals surface area contributed by atoms with Crippen molar-refractivity contribution in [2.45, 2.75) is 87.2 Å². The number of aliphatic hydroxyl groups is 1. The molecular weight excluding hydrogens is 440 g/mol. The standard InChI is InChI=1S/C25H40N2O5S/c1-4-6-9-15-26(14-5-2)22(30)20-25-13-12-24(3,33-25)19(23(31)32)18(25)21(29)27(20)16-10-7-8-11-17-28/h5,18-20,28H,2,4,6-17H2,1,3H3,(H,31,32)/t18-,19+,20?,24-,25?/m0/s1. The summed E-state index contributed by atoms with van der Waals surface area (Å²) >= 11 is 1.59. The molecule has 0 aromatic heterocycles. The number of carboxylic acid groups (broad SMARTS) is 1. The maximum Gasteiger partial charge on any atom is 0.308 e. The van der Waals surface area contributed by atoms with Crippen LogP contribution in [0.25, 0.3) is 0 Å². The molecule has 3 fully saturated rings. The summed E-state index contributed by atoms with van der Waals surface area (Å²) in [5.74, 6) is -2.55. The number of amides is 2. The molecule has 8 heteroatoms. The Morgan fingerprint density at radius 2 is 1.94 bits per heavy atom. The van der Waals surface area contributed by atoms with E-state index in [1.54, 1.807) is 22.7 Å². The van der Waals surface area contributed by atoms with Gasteiger partial charge in [0.15, 0.2) is 0 Å². The SMILES string of the molecule is C=CCN(CCCCC)C(=O)C1N(CCCCCCO)C(=O)[C@@H]2[C@H](C(=O)O)[C@]3(C)CCC12S3. The zero-order chi connectivity index (χ0) is 24.2. The van der Waals surface area contributed by atoms with E-state index in [1.165, 1.54) is 0 Å². The van der Waals surface area contributed by atoms with Gasteiger partial charge in [-0.1, -0.05) is 38.7 Å². The number of unbranched alkanes of at least 4 members (excludes halogenated alkanes) is 5. The lowest BCUT2D eigenvalue weighted by Crippen LogP contribution is -2.55. The number of rotatable bonds is 14. The van der Waals surface area contributed by atoms with E-state index in [-0.39, 0.29) is 18.4 Å². The topological polar surface area (TPSA) is 98.2 Å². The number of fused-ring (bicyclic) bond motifs is 1. The zero-order valence-electron chi connectivity index (χ0n) is 20.1. The molecule has 2 unspecified atom stereocenters. The van der Waals surface area contributed by atoms with Gasteiger partial charge in [0.05, 0.1) is 16.6 Å². The molecule has 3 saturated heterocycles. The van der Waals surface area contributed by atoms with Crippen molar-refractivity contribution in [2.24, 2.45) is 11.8 Å². The Balaban J connectivity index is 1.91. The van der Waals surface area contributed by atoms with Crippen LogP contribution in [0.15, 0.2) is 12.7 Å².